The van der Waals surface area contributed by atoms with Crippen LogP contribution in [0.1, 0.15) is 23.1 Å². The largest absolute Gasteiger partial charge is 0.496 e. The van der Waals surface area contributed by atoms with Crippen LogP contribution in [0.25, 0.3) is 0 Å². The molecule has 0 aliphatic carbocycles. The SMILES string of the molecule is COc1cc(C)c(CCC2CNCCN2C)cc1C. The molecule has 0 spiro atoms. The highest BCUT2D eigenvalue weighted by atomic mass is 16.5. The summed E-state index contributed by atoms with van der Waals surface area (Å²) in [5.41, 5.74) is 4.03. The molecule has 0 saturated carbocycles. The zero-order valence-corrected chi connectivity index (χ0v) is 12.6. The second-order valence-electron chi connectivity index (χ2n) is 5.63. The van der Waals surface area contributed by atoms with Crippen molar-refractivity contribution in [3.05, 3.63) is 28.8 Å². The first-order valence-electron chi connectivity index (χ1n) is 7.17. The summed E-state index contributed by atoms with van der Waals surface area (Å²) in [4.78, 5) is 2.47. The fourth-order valence-corrected chi connectivity index (χ4v) is 2.85. The Bertz CT molecular complexity index is 431. The third-order valence-electron chi connectivity index (χ3n) is 4.24. The van der Waals surface area contributed by atoms with Gasteiger partial charge in [0.25, 0.3) is 0 Å². The Morgan fingerprint density at radius 2 is 2.11 bits per heavy atom. The number of aryl methyl sites for hydroxylation is 3. The van der Waals surface area contributed by atoms with Gasteiger partial charge in [-0.3, -0.25) is 0 Å². The zero-order chi connectivity index (χ0) is 13.8. The molecule has 1 aliphatic rings. The summed E-state index contributed by atoms with van der Waals surface area (Å²) < 4.78 is 5.37. The molecule has 1 heterocycles. The van der Waals surface area contributed by atoms with E-state index in [2.05, 4.69) is 43.2 Å². The van der Waals surface area contributed by atoms with Gasteiger partial charge in [0.15, 0.2) is 0 Å². The van der Waals surface area contributed by atoms with Gasteiger partial charge < -0.3 is 15.0 Å². The lowest BCUT2D eigenvalue weighted by molar-refractivity contribution is 0.190. The molecule has 0 amide bonds. The summed E-state index contributed by atoms with van der Waals surface area (Å²) in [5, 5.41) is 3.48. The van der Waals surface area contributed by atoms with Crippen LogP contribution in [0.2, 0.25) is 0 Å². The van der Waals surface area contributed by atoms with Gasteiger partial charge in [-0.2, -0.15) is 0 Å². The van der Waals surface area contributed by atoms with Gasteiger partial charge >= 0.3 is 0 Å². The highest BCUT2D eigenvalue weighted by Crippen LogP contribution is 2.24. The number of likely N-dealkylation sites (N-methyl/N-ethyl adjacent to an activating group) is 1. The molecule has 1 unspecified atom stereocenters. The molecule has 0 radical (unpaired) electrons. The van der Waals surface area contributed by atoms with Crippen LogP contribution in [-0.2, 0) is 6.42 Å². The predicted octanol–water partition coefficient (Wildman–Crippen LogP) is 2.15. The summed E-state index contributed by atoms with van der Waals surface area (Å²) >= 11 is 0. The minimum Gasteiger partial charge on any atom is -0.496 e. The third kappa shape index (κ3) is 3.48. The normalized spacial score (nSPS) is 20.5. The second-order valence-corrected chi connectivity index (χ2v) is 5.63. The minimum atomic E-state index is 0.663. The molecule has 1 saturated heterocycles. The Morgan fingerprint density at radius 1 is 1.32 bits per heavy atom. The summed E-state index contributed by atoms with van der Waals surface area (Å²) in [5.74, 6) is 0.998. The molecule has 19 heavy (non-hydrogen) atoms. The maximum Gasteiger partial charge on any atom is 0.122 e. The number of piperazine rings is 1. The van der Waals surface area contributed by atoms with Crippen molar-refractivity contribution < 1.29 is 4.74 Å². The summed E-state index contributed by atoms with van der Waals surface area (Å²) in [6.45, 7) is 7.69. The second kappa shape index (κ2) is 6.40. The smallest absolute Gasteiger partial charge is 0.122 e. The molecule has 2 rings (SSSR count). The van der Waals surface area contributed by atoms with Crippen LogP contribution in [0.4, 0.5) is 0 Å². The summed E-state index contributed by atoms with van der Waals surface area (Å²) in [6, 6.07) is 5.10. The predicted molar refractivity (Wildman–Crippen MR) is 80.1 cm³/mol. The maximum atomic E-state index is 5.37. The first-order chi connectivity index (χ1) is 9.11. The van der Waals surface area contributed by atoms with Gasteiger partial charge in [-0.05, 0) is 56.5 Å². The van der Waals surface area contributed by atoms with Crippen LogP contribution >= 0.6 is 0 Å². The number of nitrogens with one attached hydrogen (secondary N) is 1. The van der Waals surface area contributed by atoms with Gasteiger partial charge in [-0.25, -0.2) is 0 Å². The molecule has 3 heteroatoms. The number of rotatable bonds is 4. The molecule has 1 fully saturated rings. The Balaban J connectivity index is 2.01. The van der Waals surface area contributed by atoms with E-state index < -0.39 is 0 Å². The van der Waals surface area contributed by atoms with Crippen LogP contribution in [-0.4, -0.2) is 44.7 Å². The van der Waals surface area contributed by atoms with E-state index >= 15 is 0 Å². The third-order valence-corrected chi connectivity index (χ3v) is 4.24. The summed E-state index contributed by atoms with van der Waals surface area (Å²) in [6.07, 6.45) is 2.36. The van der Waals surface area contributed by atoms with Gasteiger partial charge in [0.2, 0.25) is 0 Å². The van der Waals surface area contributed by atoms with Gasteiger partial charge in [0.1, 0.15) is 5.75 Å². The Hall–Kier alpha value is -1.06. The van der Waals surface area contributed by atoms with Crippen molar-refractivity contribution in [2.45, 2.75) is 32.7 Å². The van der Waals surface area contributed by atoms with Gasteiger partial charge in [0, 0.05) is 25.7 Å². The first-order valence-corrected chi connectivity index (χ1v) is 7.17. The monoisotopic (exact) mass is 262 g/mol. The van der Waals surface area contributed by atoms with Gasteiger partial charge in [-0.15, -0.1) is 0 Å². The average Bonchev–Trinajstić information content (AvgIpc) is 2.41. The molecule has 1 atom stereocenters. The Kier molecular flexibility index (Phi) is 4.83. The van der Waals surface area contributed by atoms with E-state index in [0.29, 0.717) is 6.04 Å². The topological polar surface area (TPSA) is 24.5 Å². The lowest BCUT2D eigenvalue weighted by Crippen LogP contribution is -2.49. The van der Waals surface area contributed by atoms with Crippen LogP contribution in [0, 0.1) is 13.8 Å². The number of ether oxygens (including phenoxy) is 1. The first kappa shape index (κ1) is 14.4. The minimum absolute atomic E-state index is 0.663. The average molecular weight is 262 g/mol. The molecule has 0 bridgehead atoms. The van der Waals surface area contributed by atoms with Crippen molar-refractivity contribution in [3.8, 4) is 5.75 Å². The number of methoxy groups -OCH3 is 1. The number of nitrogens with zero attached hydrogens (tertiary/aromatic N) is 1. The van der Waals surface area contributed by atoms with E-state index in [1.165, 1.54) is 23.1 Å². The molecule has 3 nitrogen and oxygen atoms in total. The van der Waals surface area contributed by atoms with Crippen LogP contribution in [0.15, 0.2) is 12.1 Å². The fraction of sp³-hybridized carbons (Fsp3) is 0.625. The number of hydrogen-bond acceptors (Lipinski definition) is 3. The van der Waals surface area contributed by atoms with Crippen molar-refractivity contribution in [2.24, 2.45) is 0 Å². The molecule has 1 N–H and O–H groups in total. The number of benzene rings is 1. The number of hydrogen-bond donors (Lipinski definition) is 1. The van der Waals surface area contributed by atoms with Crippen LogP contribution in [0.3, 0.4) is 0 Å². The van der Waals surface area contributed by atoms with E-state index in [1.807, 2.05) is 0 Å². The van der Waals surface area contributed by atoms with Gasteiger partial charge in [0.05, 0.1) is 7.11 Å². The molecule has 1 aromatic rings. The molecule has 0 aromatic heterocycles. The van der Waals surface area contributed by atoms with Crippen molar-refractivity contribution in [1.29, 1.82) is 0 Å². The van der Waals surface area contributed by atoms with Crippen molar-refractivity contribution >= 4 is 0 Å². The molecular weight excluding hydrogens is 236 g/mol. The Labute approximate surface area is 116 Å². The molecular formula is C16H26N2O. The molecule has 1 aliphatic heterocycles. The summed E-state index contributed by atoms with van der Waals surface area (Å²) in [7, 11) is 3.97. The fourth-order valence-electron chi connectivity index (χ4n) is 2.85. The Morgan fingerprint density at radius 3 is 2.79 bits per heavy atom. The highest BCUT2D eigenvalue weighted by molar-refractivity contribution is 5.41. The van der Waals surface area contributed by atoms with E-state index in [1.54, 1.807) is 7.11 Å². The molecule has 1 aromatic carbocycles. The van der Waals surface area contributed by atoms with Crippen molar-refractivity contribution in [2.75, 3.05) is 33.8 Å². The van der Waals surface area contributed by atoms with Crippen LogP contribution < -0.4 is 10.1 Å². The van der Waals surface area contributed by atoms with Crippen LogP contribution in [0.5, 0.6) is 5.75 Å². The lowest BCUT2D eigenvalue weighted by atomic mass is 9.97. The van der Waals surface area contributed by atoms with E-state index in [9.17, 15) is 0 Å². The zero-order valence-electron chi connectivity index (χ0n) is 12.6. The van der Waals surface area contributed by atoms with E-state index in [4.69, 9.17) is 4.74 Å². The highest BCUT2D eigenvalue weighted by Gasteiger charge is 2.18. The van der Waals surface area contributed by atoms with Crippen molar-refractivity contribution in [1.82, 2.24) is 10.2 Å². The lowest BCUT2D eigenvalue weighted by Gasteiger charge is -2.33. The van der Waals surface area contributed by atoms with E-state index in [-0.39, 0.29) is 0 Å². The standard InChI is InChI=1S/C16H26N2O/c1-12-10-16(19-4)13(2)9-14(12)5-6-15-11-17-7-8-18(15)3/h9-10,15,17H,5-8,11H2,1-4H3. The van der Waals surface area contributed by atoms with Crippen molar-refractivity contribution in [3.63, 3.8) is 0 Å². The quantitative estimate of drug-likeness (QED) is 0.900. The van der Waals surface area contributed by atoms with E-state index in [0.717, 1.165) is 31.8 Å². The van der Waals surface area contributed by atoms with Gasteiger partial charge in [-0.1, -0.05) is 6.07 Å². The molecule has 106 valence electrons. The maximum absolute atomic E-state index is 5.37.